The van der Waals surface area contributed by atoms with Gasteiger partial charge in [0, 0.05) is 24.2 Å². The maximum Gasteiger partial charge on any atom is 0.337 e. The van der Waals surface area contributed by atoms with Crippen molar-refractivity contribution in [3.8, 4) is 22.8 Å². The Labute approximate surface area is 208 Å². The van der Waals surface area contributed by atoms with Crippen molar-refractivity contribution in [2.75, 3.05) is 21.3 Å². The first kappa shape index (κ1) is 26.3. The summed E-state index contributed by atoms with van der Waals surface area (Å²) in [4.78, 5) is 27.3. The van der Waals surface area contributed by atoms with Gasteiger partial charge in [0.05, 0.1) is 32.6 Å². The molecule has 0 N–H and O–H groups in total. The summed E-state index contributed by atoms with van der Waals surface area (Å²) in [6.07, 6.45) is 2.98. The van der Waals surface area contributed by atoms with Crippen LogP contribution in [-0.4, -0.2) is 47.7 Å². The van der Waals surface area contributed by atoms with Gasteiger partial charge in [-0.25, -0.2) is 18.7 Å². The lowest BCUT2D eigenvalue weighted by Gasteiger charge is -2.10. The van der Waals surface area contributed by atoms with E-state index in [1.807, 2.05) is 31.2 Å². The quantitative estimate of drug-likeness (QED) is 0.254. The van der Waals surface area contributed by atoms with Gasteiger partial charge in [0.2, 0.25) is 0 Å². The van der Waals surface area contributed by atoms with Gasteiger partial charge < -0.3 is 14.2 Å². The fraction of sp³-hybridized carbons (Fsp3) is 0.259. The van der Waals surface area contributed by atoms with E-state index in [0.29, 0.717) is 34.8 Å². The van der Waals surface area contributed by atoms with E-state index in [1.54, 1.807) is 44.0 Å². The van der Waals surface area contributed by atoms with Crippen LogP contribution in [0.4, 0.5) is 4.39 Å². The normalized spacial score (nSPS) is 10.4. The minimum Gasteiger partial charge on any atom is -0.493 e. The summed E-state index contributed by atoms with van der Waals surface area (Å²) in [6.45, 7) is 3.61. The first-order valence-corrected chi connectivity index (χ1v) is 11.3. The van der Waals surface area contributed by atoms with E-state index in [9.17, 15) is 14.0 Å². The molecular weight excluding hydrogens is 465 g/mol. The molecule has 8 nitrogen and oxygen atoms in total. The Hall–Kier alpha value is -4.27. The van der Waals surface area contributed by atoms with Gasteiger partial charge >= 0.3 is 5.97 Å². The van der Waals surface area contributed by atoms with Crippen LogP contribution in [0, 0.1) is 12.7 Å². The number of hydrogen-bond acceptors (Lipinski definition) is 7. The summed E-state index contributed by atoms with van der Waals surface area (Å²) < 4.78 is 29.6. The first-order valence-electron chi connectivity index (χ1n) is 11.3. The molecule has 0 atom stereocenters. The lowest BCUT2D eigenvalue weighted by atomic mass is 10.1. The molecular formula is C27H28FN3O5. The van der Waals surface area contributed by atoms with Gasteiger partial charge in [-0.2, -0.15) is 5.10 Å². The van der Waals surface area contributed by atoms with Crippen LogP contribution in [0.2, 0.25) is 0 Å². The van der Waals surface area contributed by atoms with Crippen LogP contribution in [0.3, 0.4) is 0 Å². The van der Waals surface area contributed by atoms with Gasteiger partial charge in [-0.1, -0.05) is 13.0 Å². The molecule has 0 fully saturated rings. The van der Waals surface area contributed by atoms with Gasteiger partial charge in [0.15, 0.2) is 22.9 Å². The number of carbonyl (C=O) groups is 2. The molecule has 2 heterocycles. The standard InChI is InChI=1S/C18H19N3O3.C9H9FO2/c1-4-5-15(22)13-11-18-19-9-8-14(21(18)20-13)12-6-7-16(23-2)17(10-12)24-3;1-6-3-4-7(5-8(6)10)9(11)12-2/h6-11H,4-5H2,1-3H3;3-5H,1-2H3. The van der Waals surface area contributed by atoms with Crippen LogP contribution in [0.25, 0.3) is 16.9 Å². The second-order valence-electron chi connectivity index (χ2n) is 7.83. The lowest BCUT2D eigenvalue weighted by Crippen LogP contribution is -2.01. The van der Waals surface area contributed by atoms with Crippen molar-refractivity contribution < 1.29 is 28.2 Å². The van der Waals surface area contributed by atoms with Gasteiger partial charge in [-0.15, -0.1) is 0 Å². The van der Waals surface area contributed by atoms with Gasteiger partial charge in [0.25, 0.3) is 0 Å². The Morgan fingerprint density at radius 2 is 1.72 bits per heavy atom. The second-order valence-corrected chi connectivity index (χ2v) is 7.83. The highest BCUT2D eigenvalue weighted by molar-refractivity contribution is 5.95. The van der Waals surface area contributed by atoms with Gasteiger partial charge in [-0.05, 0) is 55.3 Å². The number of fused-ring (bicyclic) bond motifs is 1. The summed E-state index contributed by atoms with van der Waals surface area (Å²) in [5.41, 5.74) is 3.57. The molecule has 0 aliphatic carbocycles. The molecule has 0 saturated carbocycles. The van der Waals surface area contributed by atoms with Crippen LogP contribution < -0.4 is 9.47 Å². The second kappa shape index (κ2) is 11.9. The van der Waals surface area contributed by atoms with Crippen molar-refractivity contribution in [3.05, 3.63) is 77.4 Å². The molecule has 2 aromatic carbocycles. The fourth-order valence-corrected chi connectivity index (χ4v) is 3.44. The molecule has 4 rings (SSSR count). The highest BCUT2D eigenvalue weighted by Crippen LogP contribution is 2.32. The number of nitrogens with zero attached hydrogens (tertiary/aromatic N) is 3. The number of rotatable bonds is 7. The molecule has 0 saturated heterocycles. The summed E-state index contributed by atoms with van der Waals surface area (Å²) >= 11 is 0. The molecule has 4 aromatic rings. The predicted molar refractivity (Wildman–Crippen MR) is 133 cm³/mol. The number of Topliss-reactive ketones (excluding diaryl/α,β-unsaturated/α-hetero) is 1. The van der Waals surface area contributed by atoms with E-state index < -0.39 is 11.8 Å². The molecule has 0 radical (unpaired) electrons. The lowest BCUT2D eigenvalue weighted by molar-refractivity contribution is 0.0600. The Balaban J connectivity index is 0.000000253. The van der Waals surface area contributed by atoms with Crippen LogP contribution in [0.1, 0.15) is 46.2 Å². The monoisotopic (exact) mass is 493 g/mol. The van der Waals surface area contributed by atoms with Crippen LogP contribution >= 0.6 is 0 Å². The topological polar surface area (TPSA) is 92.0 Å². The third kappa shape index (κ3) is 5.86. The van der Waals surface area contributed by atoms with Gasteiger partial charge in [-0.3, -0.25) is 4.79 Å². The number of ether oxygens (including phenoxy) is 3. The molecule has 9 heteroatoms. The van der Waals surface area contributed by atoms with Gasteiger partial charge in [0.1, 0.15) is 11.5 Å². The number of aromatic nitrogens is 3. The SMILES string of the molecule is CCCC(=O)c1cc2nccc(-c3ccc(OC)c(OC)c3)n2n1.COC(=O)c1ccc(C)c(F)c1. The molecule has 0 spiro atoms. The Kier molecular flexibility index (Phi) is 8.72. The third-order valence-electron chi connectivity index (χ3n) is 5.39. The number of hydrogen-bond donors (Lipinski definition) is 0. The number of benzene rings is 2. The van der Waals surface area contributed by atoms with Crippen LogP contribution in [0.5, 0.6) is 11.5 Å². The number of carbonyl (C=O) groups excluding carboxylic acids is 2. The average Bonchev–Trinajstić information content (AvgIpc) is 3.34. The molecule has 188 valence electrons. The summed E-state index contributed by atoms with van der Waals surface area (Å²) in [5, 5.41) is 4.44. The summed E-state index contributed by atoms with van der Waals surface area (Å²) in [6, 6.07) is 13.5. The predicted octanol–water partition coefficient (Wildman–Crippen LogP) is 5.32. The molecule has 0 aliphatic heterocycles. The summed E-state index contributed by atoms with van der Waals surface area (Å²) in [7, 11) is 4.46. The summed E-state index contributed by atoms with van der Waals surface area (Å²) in [5.74, 6) is 0.410. The molecule has 0 bridgehead atoms. The molecule has 36 heavy (non-hydrogen) atoms. The van der Waals surface area contributed by atoms with Crippen molar-refractivity contribution in [1.29, 1.82) is 0 Å². The molecule has 0 amide bonds. The number of methoxy groups -OCH3 is 3. The zero-order valence-corrected chi connectivity index (χ0v) is 20.9. The minimum absolute atomic E-state index is 0.0289. The minimum atomic E-state index is -0.520. The first-order chi connectivity index (χ1) is 17.3. The average molecular weight is 494 g/mol. The Bertz CT molecular complexity index is 1380. The zero-order valence-electron chi connectivity index (χ0n) is 20.9. The highest BCUT2D eigenvalue weighted by Gasteiger charge is 2.14. The zero-order chi connectivity index (χ0) is 26.2. The smallest absolute Gasteiger partial charge is 0.337 e. The fourth-order valence-electron chi connectivity index (χ4n) is 3.44. The number of esters is 1. The van der Waals surface area contributed by atoms with Crippen molar-refractivity contribution in [2.45, 2.75) is 26.7 Å². The molecule has 0 unspecified atom stereocenters. The van der Waals surface area contributed by atoms with E-state index >= 15 is 0 Å². The molecule has 2 aromatic heterocycles. The number of ketones is 1. The van der Waals surface area contributed by atoms with Crippen LogP contribution in [-0.2, 0) is 4.74 Å². The van der Waals surface area contributed by atoms with Crippen molar-refractivity contribution in [2.24, 2.45) is 0 Å². The highest BCUT2D eigenvalue weighted by atomic mass is 19.1. The Morgan fingerprint density at radius 3 is 2.36 bits per heavy atom. The maximum absolute atomic E-state index is 12.9. The van der Waals surface area contributed by atoms with Crippen molar-refractivity contribution in [3.63, 3.8) is 0 Å². The third-order valence-corrected chi connectivity index (χ3v) is 5.39. The number of halogens is 1. The van der Waals surface area contributed by atoms with Crippen molar-refractivity contribution in [1.82, 2.24) is 14.6 Å². The van der Waals surface area contributed by atoms with Crippen LogP contribution in [0.15, 0.2) is 54.7 Å². The van der Waals surface area contributed by atoms with E-state index in [1.165, 1.54) is 19.2 Å². The number of aryl methyl sites for hydroxylation is 1. The van der Waals surface area contributed by atoms with E-state index in [2.05, 4.69) is 14.8 Å². The molecule has 0 aliphatic rings. The Morgan fingerprint density at radius 1 is 0.972 bits per heavy atom. The van der Waals surface area contributed by atoms with Crippen molar-refractivity contribution >= 4 is 17.4 Å². The largest absolute Gasteiger partial charge is 0.493 e. The van der Waals surface area contributed by atoms with E-state index in [0.717, 1.165) is 17.7 Å². The van der Waals surface area contributed by atoms with E-state index in [-0.39, 0.29) is 11.3 Å². The maximum atomic E-state index is 12.9. The van der Waals surface area contributed by atoms with E-state index in [4.69, 9.17) is 9.47 Å².